The van der Waals surface area contributed by atoms with Crippen LogP contribution in [0.1, 0.15) is 23.4 Å². The minimum Gasteiger partial charge on any atom is -0.294 e. The second-order valence-corrected chi connectivity index (χ2v) is 5.61. The predicted molar refractivity (Wildman–Crippen MR) is 70.7 cm³/mol. The number of aromatic nitrogens is 4. The number of imidazole rings is 1. The zero-order valence-electron chi connectivity index (χ0n) is 9.83. The molecular weight excluding hydrogens is 244 g/mol. The van der Waals surface area contributed by atoms with E-state index in [-0.39, 0.29) is 0 Å². The summed E-state index contributed by atoms with van der Waals surface area (Å²) in [6.07, 6.45) is 12.2. The van der Waals surface area contributed by atoms with Crippen LogP contribution in [0, 0.1) is 0 Å². The van der Waals surface area contributed by atoms with Crippen molar-refractivity contribution < 1.29 is 0 Å². The van der Waals surface area contributed by atoms with Crippen LogP contribution in [0.3, 0.4) is 0 Å². The van der Waals surface area contributed by atoms with Gasteiger partial charge in [0.1, 0.15) is 11.4 Å². The van der Waals surface area contributed by atoms with E-state index in [1.54, 1.807) is 18.6 Å². The van der Waals surface area contributed by atoms with E-state index in [0.29, 0.717) is 0 Å². The number of hydrogen-bond donors (Lipinski definition) is 0. The van der Waals surface area contributed by atoms with Crippen LogP contribution in [0.4, 0.5) is 0 Å². The highest BCUT2D eigenvalue weighted by molar-refractivity contribution is 7.17. The molecule has 1 aliphatic carbocycles. The Morgan fingerprint density at radius 2 is 2.06 bits per heavy atom. The van der Waals surface area contributed by atoms with Crippen molar-refractivity contribution in [3.8, 4) is 11.4 Å². The van der Waals surface area contributed by atoms with Crippen LogP contribution in [0.15, 0.2) is 24.8 Å². The zero-order chi connectivity index (χ0) is 11.9. The molecule has 4 rings (SSSR count). The van der Waals surface area contributed by atoms with Gasteiger partial charge in [0.15, 0.2) is 4.96 Å². The molecule has 0 saturated heterocycles. The van der Waals surface area contributed by atoms with Crippen LogP contribution in [-0.4, -0.2) is 19.4 Å². The third-order valence-electron chi connectivity index (χ3n) is 3.39. The molecule has 3 aromatic rings. The molecule has 0 fully saturated rings. The van der Waals surface area contributed by atoms with E-state index in [2.05, 4.69) is 25.5 Å². The molecule has 0 bridgehead atoms. The van der Waals surface area contributed by atoms with E-state index in [1.165, 1.54) is 36.3 Å². The minimum absolute atomic E-state index is 0.845. The quantitative estimate of drug-likeness (QED) is 0.672. The lowest BCUT2D eigenvalue weighted by molar-refractivity contribution is 0.674. The molecule has 0 N–H and O–H groups in total. The lowest BCUT2D eigenvalue weighted by atomic mass is 10.0. The number of aryl methyl sites for hydroxylation is 2. The van der Waals surface area contributed by atoms with Crippen molar-refractivity contribution in [3.63, 3.8) is 0 Å². The molecule has 0 aromatic carbocycles. The molecule has 0 radical (unpaired) electrons. The maximum atomic E-state index is 4.67. The molecule has 18 heavy (non-hydrogen) atoms. The average Bonchev–Trinajstić information content (AvgIpc) is 2.97. The van der Waals surface area contributed by atoms with Gasteiger partial charge in [-0.3, -0.25) is 14.4 Å². The lowest BCUT2D eigenvalue weighted by Crippen LogP contribution is -2.01. The van der Waals surface area contributed by atoms with Gasteiger partial charge in [-0.25, -0.2) is 4.98 Å². The highest BCUT2D eigenvalue weighted by Crippen LogP contribution is 2.31. The van der Waals surface area contributed by atoms with Crippen LogP contribution < -0.4 is 0 Å². The van der Waals surface area contributed by atoms with Crippen LogP contribution in [0.5, 0.6) is 0 Å². The average molecular weight is 256 g/mol. The van der Waals surface area contributed by atoms with E-state index in [0.717, 1.165) is 16.3 Å². The zero-order valence-corrected chi connectivity index (χ0v) is 10.7. The molecule has 0 aliphatic heterocycles. The van der Waals surface area contributed by atoms with Crippen molar-refractivity contribution in [2.24, 2.45) is 0 Å². The first-order chi connectivity index (χ1) is 8.92. The summed E-state index contributed by atoms with van der Waals surface area (Å²) in [7, 11) is 0. The van der Waals surface area contributed by atoms with Gasteiger partial charge in [0.05, 0.1) is 6.20 Å². The van der Waals surface area contributed by atoms with Gasteiger partial charge in [0.2, 0.25) is 0 Å². The third-order valence-corrected chi connectivity index (χ3v) is 4.55. The maximum absolute atomic E-state index is 4.67. The first kappa shape index (κ1) is 10.2. The molecule has 5 heteroatoms. The monoisotopic (exact) mass is 256 g/mol. The Hall–Kier alpha value is -1.75. The Kier molecular flexibility index (Phi) is 2.20. The van der Waals surface area contributed by atoms with Crippen LogP contribution in [-0.2, 0) is 12.8 Å². The largest absolute Gasteiger partial charge is 0.294 e. The van der Waals surface area contributed by atoms with Crippen molar-refractivity contribution >= 4 is 16.3 Å². The van der Waals surface area contributed by atoms with Crippen LogP contribution in [0.2, 0.25) is 0 Å². The van der Waals surface area contributed by atoms with E-state index >= 15 is 0 Å². The van der Waals surface area contributed by atoms with Gasteiger partial charge >= 0.3 is 0 Å². The summed E-state index contributed by atoms with van der Waals surface area (Å²) < 4.78 is 2.24. The first-order valence-corrected chi connectivity index (χ1v) is 6.99. The topological polar surface area (TPSA) is 43.1 Å². The van der Waals surface area contributed by atoms with E-state index < -0.39 is 0 Å². The number of fused-ring (bicyclic) bond motifs is 3. The van der Waals surface area contributed by atoms with E-state index in [1.807, 2.05) is 11.3 Å². The van der Waals surface area contributed by atoms with Crippen LogP contribution >= 0.6 is 11.3 Å². The van der Waals surface area contributed by atoms with Crippen molar-refractivity contribution in [2.45, 2.75) is 25.7 Å². The van der Waals surface area contributed by atoms with Gasteiger partial charge in [-0.05, 0) is 25.7 Å². The van der Waals surface area contributed by atoms with E-state index in [4.69, 9.17) is 0 Å². The first-order valence-electron chi connectivity index (χ1n) is 6.18. The number of nitrogens with zero attached hydrogens (tertiary/aromatic N) is 4. The fraction of sp³-hybridized carbons (Fsp3) is 0.308. The number of hydrogen-bond acceptors (Lipinski definition) is 4. The van der Waals surface area contributed by atoms with Crippen molar-refractivity contribution in [1.82, 2.24) is 19.4 Å². The Bertz CT molecular complexity index is 698. The minimum atomic E-state index is 0.845. The number of thiazole rings is 1. The summed E-state index contributed by atoms with van der Waals surface area (Å²) in [5.74, 6) is 0. The highest BCUT2D eigenvalue weighted by Gasteiger charge is 2.18. The Labute approximate surface area is 108 Å². The van der Waals surface area contributed by atoms with Crippen LogP contribution in [0.25, 0.3) is 16.3 Å². The summed E-state index contributed by atoms with van der Waals surface area (Å²) in [4.78, 5) is 15.7. The second kappa shape index (κ2) is 3.88. The molecule has 0 atom stereocenters. The molecule has 4 nitrogen and oxygen atoms in total. The third kappa shape index (κ3) is 1.47. The molecule has 1 aliphatic rings. The summed E-state index contributed by atoms with van der Waals surface area (Å²) in [5, 5.41) is 0. The predicted octanol–water partition coefficient (Wildman–Crippen LogP) is 2.73. The van der Waals surface area contributed by atoms with E-state index in [9.17, 15) is 0 Å². The maximum Gasteiger partial charge on any atom is 0.194 e. The second-order valence-electron chi connectivity index (χ2n) is 4.55. The molecule has 0 unspecified atom stereocenters. The normalized spacial score (nSPS) is 14.9. The van der Waals surface area contributed by atoms with Gasteiger partial charge in [-0.2, -0.15) is 0 Å². The van der Waals surface area contributed by atoms with Gasteiger partial charge in [-0.15, -0.1) is 11.3 Å². The Morgan fingerprint density at radius 1 is 1.11 bits per heavy atom. The molecule has 3 heterocycles. The summed E-state index contributed by atoms with van der Waals surface area (Å²) in [6, 6.07) is 0. The lowest BCUT2D eigenvalue weighted by Gasteiger charge is -2.09. The van der Waals surface area contributed by atoms with Crippen molar-refractivity contribution in [2.75, 3.05) is 0 Å². The molecule has 0 spiro atoms. The molecule has 0 amide bonds. The Morgan fingerprint density at radius 3 is 2.94 bits per heavy atom. The van der Waals surface area contributed by atoms with Gasteiger partial charge in [0.25, 0.3) is 0 Å². The van der Waals surface area contributed by atoms with Crippen molar-refractivity contribution in [1.29, 1.82) is 0 Å². The van der Waals surface area contributed by atoms with Gasteiger partial charge in [-0.1, -0.05) is 0 Å². The Balaban J connectivity index is 1.88. The highest BCUT2D eigenvalue weighted by atomic mass is 32.1. The molecule has 0 saturated carbocycles. The smallest absolute Gasteiger partial charge is 0.194 e. The fourth-order valence-electron chi connectivity index (χ4n) is 2.52. The summed E-state index contributed by atoms with van der Waals surface area (Å²) >= 11 is 1.82. The summed E-state index contributed by atoms with van der Waals surface area (Å²) in [5.41, 5.74) is 3.21. The van der Waals surface area contributed by atoms with Gasteiger partial charge < -0.3 is 0 Å². The SMILES string of the molecule is c1cnc(-c2cn3c4c(sc3n2)CCCC4)cn1. The molecular formula is C13H12N4S. The summed E-state index contributed by atoms with van der Waals surface area (Å²) in [6.45, 7) is 0. The van der Waals surface area contributed by atoms with Crippen molar-refractivity contribution in [3.05, 3.63) is 35.4 Å². The molecule has 3 aromatic heterocycles. The standard InChI is InChI=1S/C13H12N4S/c1-2-4-12-11(3-1)17-8-10(16-13(17)18-12)9-7-14-5-6-15-9/h5-8H,1-4H2. The van der Waals surface area contributed by atoms with Gasteiger partial charge in [0, 0.05) is 29.2 Å². The fourth-order valence-corrected chi connectivity index (χ4v) is 3.71. The molecule has 90 valence electrons. The number of rotatable bonds is 1.